The number of likely N-dealkylation sites (N-methyl/N-ethyl adjacent to an activating group) is 1. The molecular formula is C39H62BrN4O10P. The number of pyridine rings is 1. The number of alkyl halides is 1. The second kappa shape index (κ2) is 26.5. The number of Topliss-reactive ketones (excluding diaryl/α,β-unsaturated/α-hetero) is 1. The number of nitrogens with one attached hydrogen (secondary N) is 2. The lowest BCUT2D eigenvalue weighted by atomic mass is 10.1. The molecule has 0 radical (unpaired) electrons. The van der Waals surface area contributed by atoms with Gasteiger partial charge in [-0.3, -0.25) is 23.8 Å². The molecule has 1 aliphatic heterocycles. The van der Waals surface area contributed by atoms with Crippen LogP contribution in [0.15, 0.2) is 41.7 Å². The predicted molar refractivity (Wildman–Crippen MR) is 220 cm³/mol. The molecule has 1 aromatic carbocycles. The number of hydrogen-bond donors (Lipinski definition) is 3. The van der Waals surface area contributed by atoms with Crippen LogP contribution in [-0.2, 0) is 27.9 Å². The highest BCUT2D eigenvalue weighted by Gasteiger charge is 2.51. The molecule has 1 saturated heterocycles. The smallest absolute Gasteiger partial charge is 0.407 e. The number of H-pyrrole nitrogens is 1. The van der Waals surface area contributed by atoms with Crippen LogP contribution in [0.2, 0.25) is 0 Å². The number of allylic oxidation sites excluding steroid dienone is 1. The molecule has 0 bridgehead atoms. The van der Waals surface area contributed by atoms with Crippen molar-refractivity contribution in [2.24, 2.45) is 17.6 Å². The molecule has 5 rings (SSSR count). The van der Waals surface area contributed by atoms with Gasteiger partial charge in [0.2, 0.25) is 5.91 Å². The van der Waals surface area contributed by atoms with E-state index in [1.54, 1.807) is 25.3 Å². The molecule has 1 aromatic heterocycles. The van der Waals surface area contributed by atoms with Crippen molar-refractivity contribution in [2.75, 3.05) is 45.8 Å². The quantitative estimate of drug-likeness (QED) is 0.0616. The van der Waals surface area contributed by atoms with E-state index in [1.807, 2.05) is 31.9 Å². The lowest BCUT2D eigenvalue weighted by molar-refractivity contribution is -0.121. The number of aromatic amines is 1. The van der Waals surface area contributed by atoms with Crippen LogP contribution in [0.1, 0.15) is 90.1 Å². The monoisotopic (exact) mass is 856 g/mol. The average Bonchev–Trinajstić information content (AvgIpc) is 3.55. The number of amides is 2. The maximum atomic E-state index is 12.1. The van der Waals surface area contributed by atoms with E-state index in [2.05, 4.69) is 53.6 Å². The Bertz CT molecular complexity index is 1600. The summed E-state index contributed by atoms with van der Waals surface area (Å²) in [5.74, 6) is 1.45. The van der Waals surface area contributed by atoms with Gasteiger partial charge in [-0.25, -0.2) is 4.79 Å². The van der Waals surface area contributed by atoms with Gasteiger partial charge in [0.25, 0.3) is 0 Å². The summed E-state index contributed by atoms with van der Waals surface area (Å²) in [4.78, 5) is 59.6. The number of rotatable bonds is 13. The SMILES string of the molecule is C=CC1CC1P(=O)(OCC)OCC.CC(C)C.CN1CCCC1C(N)=O.COc1ccc2c(=O)cc(C(=O)CBr)[nH]c2c1.O=CCNC(=O)OC1CCCC1. The summed E-state index contributed by atoms with van der Waals surface area (Å²) >= 11 is 3.07. The Kier molecular flexibility index (Phi) is 23.9. The number of aromatic nitrogens is 1. The van der Waals surface area contributed by atoms with Crippen molar-refractivity contribution >= 4 is 58.5 Å². The zero-order valence-corrected chi connectivity index (χ0v) is 36.0. The molecule has 3 atom stereocenters. The first-order valence-electron chi connectivity index (χ1n) is 18.8. The molecule has 2 amide bonds. The lowest BCUT2D eigenvalue weighted by Crippen LogP contribution is -2.37. The number of carbonyl (C=O) groups excluding carboxylic acids is 4. The third-order valence-electron chi connectivity index (χ3n) is 8.35. The number of nitrogens with zero attached hydrogens (tertiary/aromatic N) is 1. The molecule has 3 fully saturated rings. The summed E-state index contributed by atoms with van der Waals surface area (Å²) in [7, 11) is 0.657. The second-order valence-electron chi connectivity index (χ2n) is 13.7. The zero-order chi connectivity index (χ0) is 41.6. The van der Waals surface area contributed by atoms with Gasteiger partial charge in [-0.05, 0) is 96.4 Å². The number of fused-ring (bicyclic) bond motifs is 1. The van der Waals surface area contributed by atoms with Crippen LogP contribution < -0.4 is 21.2 Å². The molecule has 2 saturated carbocycles. The summed E-state index contributed by atoms with van der Waals surface area (Å²) in [5, 5.41) is 3.05. The minimum absolute atomic E-state index is 0.00463. The molecule has 55 heavy (non-hydrogen) atoms. The highest BCUT2D eigenvalue weighted by atomic mass is 79.9. The fourth-order valence-corrected chi connectivity index (χ4v) is 8.15. The number of ether oxygens (including phenoxy) is 2. The van der Waals surface area contributed by atoms with Crippen LogP contribution >= 0.6 is 23.5 Å². The standard InChI is InChI=1S/C12H10BrNO3.C9H17O3P.C8H13NO3.C6H12N2O.C4H10/c1-17-7-2-3-8-9(4-7)14-10(5-11(8)15)12(16)6-13;1-4-8-7-9(8)13(10,11-5-2)12-6-3;10-6-5-9-8(11)12-7-3-1-2-4-7;1-8-4-2-3-5(8)6(7)9;1-4(2)3/h2-5H,6H2,1H3,(H,14,15);4,8-9H,1,5-7H2,2-3H3;6-7H,1-5H2,(H,9,11);5H,2-4H2,1H3,(H2,7,9);4H,1-3H3. The molecule has 16 heteroatoms. The number of benzene rings is 1. The predicted octanol–water partition coefficient (Wildman–Crippen LogP) is 7.02. The Morgan fingerprint density at radius 2 is 1.71 bits per heavy atom. The van der Waals surface area contributed by atoms with Gasteiger partial charge in [-0.2, -0.15) is 0 Å². The number of carbonyl (C=O) groups is 4. The number of nitrogens with two attached hydrogens (primary N) is 1. The fourth-order valence-electron chi connectivity index (χ4n) is 5.58. The number of primary amides is 1. The van der Waals surface area contributed by atoms with Crippen molar-refractivity contribution in [2.45, 2.75) is 97.4 Å². The van der Waals surface area contributed by atoms with Crippen LogP contribution in [0.25, 0.3) is 10.9 Å². The van der Waals surface area contributed by atoms with Crippen LogP contribution in [0, 0.1) is 11.8 Å². The molecular weight excluding hydrogens is 795 g/mol. The van der Waals surface area contributed by atoms with Gasteiger partial charge < -0.3 is 39.4 Å². The number of ketones is 1. The summed E-state index contributed by atoms with van der Waals surface area (Å²) in [6.07, 6.45) is 9.15. The van der Waals surface area contributed by atoms with Crippen molar-refractivity contribution < 1.29 is 42.3 Å². The molecule has 2 aromatic rings. The molecule has 310 valence electrons. The number of hydrogen-bond acceptors (Lipinski definition) is 11. The van der Waals surface area contributed by atoms with Crippen molar-refractivity contribution in [3.63, 3.8) is 0 Å². The van der Waals surface area contributed by atoms with Crippen LogP contribution in [0.4, 0.5) is 4.79 Å². The van der Waals surface area contributed by atoms with Crippen LogP contribution in [0.5, 0.6) is 5.75 Å². The first-order chi connectivity index (χ1) is 26.1. The topological polar surface area (TPSA) is 196 Å². The third-order valence-corrected chi connectivity index (χ3v) is 11.5. The molecule has 2 aliphatic carbocycles. The van der Waals surface area contributed by atoms with Gasteiger partial charge in [-0.1, -0.05) is 42.8 Å². The number of methoxy groups -OCH3 is 1. The van der Waals surface area contributed by atoms with Crippen LogP contribution in [0.3, 0.4) is 0 Å². The van der Waals surface area contributed by atoms with Crippen molar-refractivity contribution in [1.29, 1.82) is 0 Å². The molecule has 4 N–H and O–H groups in total. The summed E-state index contributed by atoms with van der Waals surface area (Å²) < 4.78 is 32.6. The third kappa shape index (κ3) is 18.4. The Labute approximate surface area is 334 Å². The van der Waals surface area contributed by atoms with E-state index < -0.39 is 13.7 Å². The maximum Gasteiger partial charge on any atom is 0.407 e. The van der Waals surface area contributed by atoms with Gasteiger partial charge in [0.05, 0.1) is 55.1 Å². The first-order valence-corrected chi connectivity index (χ1v) is 21.5. The van der Waals surface area contributed by atoms with Gasteiger partial charge in [0.1, 0.15) is 18.1 Å². The van der Waals surface area contributed by atoms with E-state index in [9.17, 15) is 28.5 Å². The van der Waals surface area contributed by atoms with E-state index in [-0.39, 0.29) is 46.8 Å². The Morgan fingerprint density at radius 3 is 2.15 bits per heavy atom. The molecule has 3 unspecified atom stereocenters. The Morgan fingerprint density at radius 1 is 1.09 bits per heavy atom. The van der Waals surface area contributed by atoms with Crippen molar-refractivity contribution in [1.82, 2.24) is 15.2 Å². The normalized spacial score (nSPS) is 18.8. The van der Waals surface area contributed by atoms with Gasteiger partial charge in [0.15, 0.2) is 11.2 Å². The number of alkyl carbamates (subject to hydrolysis) is 1. The summed E-state index contributed by atoms with van der Waals surface area (Å²) in [5.41, 5.74) is 5.89. The lowest BCUT2D eigenvalue weighted by Gasteiger charge is -2.16. The van der Waals surface area contributed by atoms with E-state index in [1.165, 1.54) is 6.07 Å². The number of likely N-dealkylation sites (tertiary alicyclic amines) is 1. The number of aldehydes is 1. The van der Waals surface area contributed by atoms with E-state index >= 15 is 0 Å². The van der Waals surface area contributed by atoms with E-state index in [0.29, 0.717) is 47.8 Å². The zero-order valence-electron chi connectivity index (χ0n) is 33.5. The highest BCUT2D eigenvalue weighted by Crippen LogP contribution is 2.65. The maximum absolute atomic E-state index is 12.1. The average molecular weight is 858 g/mol. The second-order valence-corrected chi connectivity index (χ2v) is 16.5. The fraction of sp³-hybridized carbons (Fsp3) is 0.615. The Hall–Kier alpha value is -3.36. The highest BCUT2D eigenvalue weighted by molar-refractivity contribution is 9.09. The number of halogens is 1. The molecule has 3 aliphatic rings. The van der Waals surface area contributed by atoms with Crippen LogP contribution in [-0.4, -0.2) is 97.5 Å². The van der Waals surface area contributed by atoms with Gasteiger partial charge >= 0.3 is 13.7 Å². The van der Waals surface area contributed by atoms with Gasteiger partial charge in [0, 0.05) is 17.5 Å². The van der Waals surface area contributed by atoms with Gasteiger partial charge in [-0.15, -0.1) is 6.58 Å². The van der Waals surface area contributed by atoms with Crippen molar-refractivity contribution in [3.8, 4) is 5.75 Å². The summed E-state index contributed by atoms with van der Waals surface area (Å²) in [6.45, 7) is 15.8. The van der Waals surface area contributed by atoms with Crippen molar-refractivity contribution in [3.05, 3.63) is 52.8 Å². The Balaban J connectivity index is 0.000000362. The summed E-state index contributed by atoms with van der Waals surface area (Å²) in [6, 6.07) is 6.41. The van der Waals surface area contributed by atoms with E-state index in [0.717, 1.165) is 57.4 Å². The molecule has 2 heterocycles. The molecule has 0 spiro atoms. The largest absolute Gasteiger partial charge is 0.497 e. The van der Waals surface area contributed by atoms with E-state index in [4.69, 9.17) is 24.3 Å². The first kappa shape index (κ1) is 49.7. The minimum Gasteiger partial charge on any atom is -0.497 e. The minimum atomic E-state index is -2.82. The molecule has 14 nitrogen and oxygen atoms in total.